The van der Waals surface area contributed by atoms with Crippen molar-refractivity contribution in [1.29, 1.82) is 0 Å². The molecule has 1 aliphatic heterocycles. The zero-order chi connectivity index (χ0) is 19.7. The Hall–Kier alpha value is -1.67. The van der Waals surface area contributed by atoms with E-state index >= 15 is 0 Å². The number of aromatic amines is 1. The molecule has 8 heteroatoms. The molecule has 4 rings (SSSR count). The minimum atomic E-state index is -3.13. The molecule has 1 atom stereocenters. The maximum absolute atomic E-state index is 12.8. The van der Waals surface area contributed by atoms with Crippen LogP contribution in [-0.2, 0) is 10.0 Å². The van der Waals surface area contributed by atoms with E-state index in [-0.39, 0.29) is 5.92 Å². The molecule has 2 aromatic heterocycles. The van der Waals surface area contributed by atoms with Gasteiger partial charge in [-0.1, -0.05) is 6.92 Å². The smallest absolute Gasteiger partial charge is 0.214 e. The van der Waals surface area contributed by atoms with Gasteiger partial charge < -0.3 is 9.88 Å². The van der Waals surface area contributed by atoms with Crippen LogP contribution in [-0.4, -0.2) is 59.6 Å². The second-order valence-electron chi connectivity index (χ2n) is 8.61. The molecular weight excluding hydrogens is 374 g/mol. The van der Waals surface area contributed by atoms with E-state index in [9.17, 15) is 8.42 Å². The zero-order valence-corrected chi connectivity index (χ0v) is 17.7. The third-order valence-electron chi connectivity index (χ3n) is 6.49. The van der Waals surface area contributed by atoms with Gasteiger partial charge in [-0.3, -0.25) is 0 Å². The number of nitrogens with one attached hydrogen (secondary N) is 1. The summed E-state index contributed by atoms with van der Waals surface area (Å²) in [5, 5.41) is 1.04. The van der Waals surface area contributed by atoms with Crippen molar-refractivity contribution >= 4 is 26.9 Å². The Bertz CT molecular complexity index is 904. The van der Waals surface area contributed by atoms with E-state index in [1.807, 2.05) is 12.3 Å². The number of rotatable bonds is 5. The summed E-state index contributed by atoms with van der Waals surface area (Å²) in [7, 11) is -1.04. The Labute approximate surface area is 167 Å². The molecule has 1 saturated heterocycles. The van der Waals surface area contributed by atoms with Crippen molar-refractivity contribution in [3.63, 3.8) is 0 Å². The van der Waals surface area contributed by atoms with Crippen molar-refractivity contribution in [1.82, 2.24) is 19.3 Å². The molecule has 0 bridgehead atoms. The molecule has 1 saturated carbocycles. The van der Waals surface area contributed by atoms with Crippen molar-refractivity contribution in [2.75, 3.05) is 30.8 Å². The molecule has 2 aliphatic rings. The van der Waals surface area contributed by atoms with Crippen LogP contribution in [0.1, 0.15) is 45.4 Å². The highest BCUT2D eigenvalue weighted by Crippen LogP contribution is 2.32. The summed E-state index contributed by atoms with van der Waals surface area (Å²) >= 11 is 0. The van der Waals surface area contributed by atoms with Gasteiger partial charge in [-0.2, -0.15) is 0 Å². The fraction of sp³-hybridized carbons (Fsp3) is 0.700. The van der Waals surface area contributed by atoms with E-state index in [0.29, 0.717) is 30.8 Å². The maximum atomic E-state index is 12.8. The van der Waals surface area contributed by atoms with E-state index < -0.39 is 10.0 Å². The number of sulfonamides is 1. The third-order valence-corrected chi connectivity index (χ3v) is 8.50. The standard InChI is InChI=1S/C20H31N5O2S/c1-15-4-3-11-25(12-15)28(26,27)13-16-5-7-17(8-6-16)24(2)20-18-9-10-21-19(18)22-14-23-20/h9-10,14-17H,3-8,11-13H2,1-2H3,(H,21,22,23)/t15?,16-,17-. The lowest BCUT2D eigenvalue weighted by Crippen LogP contribution is -2.43. The van der Waals surface area contributed by atoms with Gasteiger partial charge in [0, 0.05) is 32.4 Å². The number of aromatic nitrogens is 3. The minimum Gasteiger partial charge on any atom is -0.356 e. The van der Waals surface area contributed by atoms with Crippen molar-refractivity contribution < 1.29 is 8.42 Å². The molecule has 1 aliphatic carbocycles. The van der Waals surface area contributed by atoms with E-state index in [0.717, 1.165) is 55.4 Å². The van der Waals surface area contributed by atoms with E-state index in [2.05, 4.69) is 33.8 Å². The summed E-state index contributed by atoms with van der Waals surface area (Å²) in [6.45, 7) is 3.54. The van der Waals surface area contributed by atoms with Gasteiger partial charge in [-0.25, -0.2) is 22.7 Å². The maximum Gasteiger partial charge on any atom is 0.214 e. The van der Waals surface area contributed by atoms with Crippen LogP contribution in [0.3, 0.4) is 0 Å². The van der Waals surface area contributed by atoms with Crippen LogP contribution in [0.2, 0.25) is 0 Å². The fourth-order valence-corrected chi connectivity index (χ4v) is 6.84. The number of H-pyrrole nitrogens is 1. The van der Waals surface area contributed by atoms with E-state index in [1.54, 1.807) is 10.6 Å². The van der Waals surface area contributed by atoms with Gasteiger partial charge >= 0.3 is 0 Å². The number of nitrogens with zero attached hydrogens (tertiary/aromatic N) is 4. The normalized spacial score (nSPS) is 27.1. The van der Waals surface area contributed by atoms with E-state index in [4.69, 9.17) is 0 Å². The SMILES string of the molecule is CC1CCCN(S(=O)(=O)C[C@H]2CC[C@H](N(C)c3ncnc4[nH]ccc34)CC2)C1. The van der Waals surface area contributed by atoms with Crippen molar-refractivity contribution in [3.05, 3.63) is 18.6 Å². The predicted octanol–water partition coefficient (Wildman–Crippen LogP) is 3.01. The lowest BCUT2D eigenvalue weighted by molar-refractivity contribution is 0.275. The van der Waals surface area contributed by atoms with Gasteiger partial charge in [0.1, 0.15) is 17.8 Å². The molecule has 0 radical (unpaired) electrons. The summed E-state index contributed by atoms with van der Waals surface area (Å²) < 4.78 is 27.4. The Morgan fingerprint density at radius 3 is 2.75 bits per heavy atom. The summed E-state index contributed by atoms with van der Waals surface area (Å²) in [4.78, 5) is 14.1. The molecule has 1 N–H and O–H groups in total. The zero-order valence-electron chi connectivity index (χ0n) is 16.8. The van der Waals surface area contributed by atoms with Crippen molar-refractivity contribution in [2.24, 2.45) is 11.8 Å². The molecule has 154 valence electrons. The molecule has 1 unspecified atom stereocenters. The van der Waals surface area contributed by atoms with Gasteiger partial charge in [0.25, 0.3) is 0 Å². The minimum absolute atomic E-state index is 0.268. The largest absolute Gasteiger partial charge is 0.356 e. The average molecular weight is 406 g/mol. The molecule has 28 heavy (non-hydrogen) atoms. The summed E-state index contributed by atoms with van der Waals surface area (Å²) in [5.41, 5.74) is 0.854. The molecule has 7 nitrogen and oxygen atoms in total. The molecule has 0 amide bonds. The summed E-state index contributed by atoms with van der Waals surface area (Å²) in [6.07, 6.45) is 9.54. The quantitative estimate of drug-likeness (QED) is 0.827. The van der Waals surface area contributed by atoms with Crippen LogP contribution in [0.4, 0.5) is 5.82 Å². The Morgan fingerprint density at radius 2 is 2.00 bits per heavy atom. The van der Waals surface area contributed by atoms with Crippen LogP contribution in [0.25, 0.3) is 11.0 Å². The third kappa shape index (κ3) is 4.03. The molecule has 2 fully saturated rings. The van der Waals surface area contributed by atoms with Crippen LogP contribution < -0.4 is 4.90 Å². The van der Waals surface area contributed by atoms with Crippen molar-refractivity contribution in [2.45, 2.75) is 51.5 Å². The lowest BCUT2D eigenvalue weighted by Gasteiger charge is -2.36. The number of hydrogen-bond donors (Lipinski definition) is 1. The molecule has 0 aromatic carbocycles. The highest BCUT2D eigenvalue weighted by Gasteiger charge is 2.32. The Kier molecular flexibility index (Phi) is 5.60. The van der Waals surface area contributed by atoms with Crippen LogP contribution >= 0.6 is 0 Å². The van der Waals surface area contributed by atoms with Gasteiger partial charge in [0.2, 0.25) is 10.0 Å². The second-order valence-corrected chi connectivity index (χ2v) is 10.6. The number of fused-ring (bicyclic) bond motifs is 1. The van der Waals surface area contributed by atoms with Crippen LogP contribution in [0.5, 0.6) is 0 Å². The first kappa shape index (κ1) is 19.6. The van der Waals surface area contributed by atoms with E-state index in [1.165, 1.54) is 0 Å². The van der Waals surface area contributed by atoms with Gasteiger partial charge in [-0.05, 0) is 56.4 Å². The number of anilines is 1. The first-order valence-corrected chi connectivity index (χ1v) is 12.0. The summed E-state index contributed by atoms with van der Waals surface area (Å²) in [5.74, 6) is 2.01. The lowest BCUT2D eigenvalue weighted by atomic mass is 9.86. The van der Waals surface area contributed by atoms with Crippen LogP contribution in [0.15, 0.2) is 18.6 Å². The second kappa shape index (κ2) is 7.99. The number of hydrogen-bond acceptors (Lipinski definition) is 5. The molecule has 2 aromatic rings. The van der Waals surface area contributed by atoms with Gasteiger partial charge in [0.05, 0.1) is 11.1 Å². The molecular formula is C20H31N5O2S. The monoisotopic (exact) mass is 405 g/mol. The summed E-state index contributed by atoms with van der Waals surface area (Å²) in [6, 6.07) is 2.40. The highest BCUT2D eigenvalue weighted by atomic mass is 32.2. The fourth-order valence-electron chi connectivity index (χ4n) is 4.81. The van der Waals surface area contributed by atoms with Gasteiger partial charge in [-0.15, -0.1) is 0 Å². The van der Waals surface area contributed by atoms with Crippen molar-refractivity contribution in [3.8, 4) is 0 Å². The first-order chi connectivity index (χ1) is 13.4. The average Bonchev–Trinajstić information content (AvgIpc) is 3.17. The predicted molar refractivity (Wildman–Crippen MR) is 112 cm³/mol. The molecule has 0 spiro atoms. The topological polar surface area (TPSA) is 82.2 Å². The highest BCUT2D eigenvalue weighted by molar-refractivity contribution is 7.89. The number of piperidine rings is 1. The Morgan fingerprint density at radius 1 is 1.21 bits per heavy atom. The first-order valence-electron chi connectivity index (χ1n) is 10.4. The van der Waals surface area contributed by atoms with Gasteiger partial charge in [0.15, 0.2) is 0 Å². The Balaban J connectivity index is 1.36. The van der Waals surface area contributed by atoms with Crippen LogP contribution in [0, 0.1) is 11.8 Å². The molecule has 3 heterocycles.